The van der Waals surface area contributed by atoms with Crippen LogP contribution in [0.3, 0.4) is 0 Å². The van der Waals surface area contributed by atoms with Gasteiger partial charge in [-0.05, 0) is 19.1 Å². The van der Waals surface area contributed by atoms with Crippen LogP contribution in [0.1, 0.15) is 6.92 Å². The summed E-state index contributed by atoms with van der Waals surface area (Å²) in [5.41, 5.74) is -1.01. The number of fused-ring (bicyclic) bond motifs is 1. The highest BCUT2D eigenvalue weighted by Crippen LogP contribution is 2.23. The lowest BCUT2D eigenvalue weighted by Gasteiger charge is -2.25. The molecule has 0 unspecified atom stereocenters. The number of rotatable bonds is 5. The third-order valence-electron chi connectivity index (χ3n) is 2.78. The van der Waals surface area contributed by atoms with Crippen LogP contribution in [0.25, 0.3) is 5.65 Å². The maximum absolute atomic E-state index is 12.4. The highest BCUT2D eigenvalue weighted by molar-refractivity contribution is 7.89. The molecule has 0 aliphatic rings. The van der Waals surface area contributed by atoms with Gasteiger partial charge in [-0.15, -0.1) is 0 Å². The van der Waals surface area contributed by atoms with Crippen LogP contribution in [0, 0.1) is 0 Å². The Labute approximate surface area is 120 Å². The molecular weight excluding hydrogens is 306 g/mol. The number of sulfonamides is 1. The Morgan fingerprint density at radius 2 is 2.05 bits per heavy atom. The number of aliphatic hydroxyl groups is 2. The van der Waals surface area contributed by atoms with Gasteiger partial charge in [0, 0.05) is 6.20 Å². The molecule has 2 aromatic rings. The first-order valence-corrected chi connectivity index (χ1v) is 7.57. The van der Waals surface area contributed by atoms with E-state index in [0.717, 1.165) is 0 Å². The third-order valence-corrected chi connectivity index (χ3v) is 4.82. The highest BCUT2D eigenvalue weighted by Gasteiger charge is 2.33. The summed E-state index contributed by atoms with van der Waals surface area (Å²) in [5, 5.41) is 18.0. The van der Waals surface area contributed by atoms with Gasteiger partial charge in [-0.25, -0.2) is 13.4 Å². The molecule has 0 amide bonds. The van der Waals surface area contributed by atoms with Gasteiger partial charge < -0.3 is 10.2 Å². The van der Waals surface area contributed by atoms with Crippen molar-refractivity contribution in [3.8, 4) is 0 Å². The summed E-state index contributed by atoms with van der Waals surface area (Å²) in [6.07, 6.45) is 1.51. The van der Waals surface area contributed by atoms with Crippen LogP contribution < -0.4 is 4.72 Å². The number of nitrogens with zero attached hydrogens (tertiary/aromatic N) is 2. The molecule has 2 aromatic heterocycles. The Morgan fingerprint density at radius 3 is 2.65 bits per heavy atom. The molecule has 9 heteroatoms. The second kappa shape index (κ2) is 5.30. The van der Waals surface area contributed by atoms with Gasteiger partial charge in [0.1, 0.15) is 5.65 Å². The Balaban J connectivity index is 2.55. The van der Waals surface area contributed by atoms with E-state index in [-0.39, 0.29) is 10.2 Å². The number of pyridine rings is 1. The topological polar surface area (TPSA) is 104 Å². The van der Waals surface area contributed by atoms with Crippen LogP contribution in [0.5, 0.6) is 0 Å². The lowest BCUT2D eigenvalue weighted by atomic mass is 10.1. The molecule has 0 atom stereocenters. The number of nitrogens with one attached hydrogen (secondary N) is 1. The minimum atomic E-state index is -4.06. The highest BCUT2D eigenvalue weighted by atomic mass is 35.5. The summed E-state index contributed by atoms with van der Waals surface area (Å²) in [6.45, 7) is 0.260. The Kier molecular flexibility index (Phi) is 4.03. The average molecular weight is 320 g/mol. The van der Waals surface area contributed by atoms with Crippen LogP contribution in [0.2, 0.25) is 5.15 Å². The van der Waals surface area contributed by atoms with E-state index >= 15 is 0 Å². The third kappa shape index (κ3) is 2.65. The fraction of sp³-hybridized carbons (Fsp3) is 0.364. The largest absolute Gasteiger partial charge is 0.394 e. The quantitative estimate of drug-likeness (QED) is 0.720. The van der Waals surface area contributed by atoms with Gasteiger partial charge in [0.15, 0.2) is 10.2 Å². The maximum atomic E-state index is 12.4. The van der Waals surface area contributed by atoms with E-state index in [9.17, 15) is 18.6 Å². The lowest BCUT2D eigenvalue weighted by Crippen LogP contribution is -2.51. The molecule has 7 nitrogen and oxygen atoms in total. The summed E-state index contributed by atoms with van der Waals surface area (Å²) in [6, 6.07) is 4.96. The Morgan fingerprint density at radius 1 is 1.40 bits per heavy atom. The van der Waals surface area contributed by atoms with Gasteiger partial charge in [0.25, 0.3) is 10.0 Å². The van der Waals surface area contributed by atoms with E-state index in [1.54, 1.807) is 18.2 Å². The minimum absolute atomic E-state index is 0.179. The SMILES string of the molecule is CC(CO)(CO)NS(=O)(=O)c1c(Cl)nc2ccccn12. The van der Waals surface area contributed by atoms with Crippen molar-refractivity contribution in [2.24, 2.45) is 0 Å². The first-order chi connectivity index (χ1) is 9.33. The zero-order valence-corrected chi connectivity index (χ0v) is 12.2. The molecule has 0 radical (unpaired) electrons. The van der Waals surface area contributed by atoms with Crippen molar-refractivity contribution in [2.45, 2.75) is 17.5 Å². The van der Waals surface area contributed by atoms with Crippen molar-refractivity contribution in [3.63, 3.8) is 0 Å². The van der Waals surface area contributed by atoms with Crippen LogP contribution in [-0.2, 0) is 10.0 Å². The summed E-state index contributed by atoms with van der Waals surface area (Å²) in [5.74, 6) is 0. The lowest BCUT2D eigenvalue weighted by molar-refractivity contribution is 0.121. The number of aromatic nitrogens is 2. The molecule has 0 spiro atoms. The fourth-order valence-corrected chi connectivity index (χ4v) is 3.71. The minimum Gasteiger partial charge on any atom is -0.394 e. The van der Waals surface area contributed by atoms with Crippen LogP contribution >= 0.6 is 11.6 Å². The monoisotopic (exact) mass is 319 g/mol. The van der Waals surface area contributed by atoms with E-state index in [1.165, 1.54) is 17.5 Å². The van der Waals surface area contributed by atoms with E-state index < -0.39 is 28.8 Å². The predicted molar refractivity (Wildman–Crippen MR) is 73.1 cm³/mol. The normalized spacial score (nSPS) is 13.0. The van der Waals surface area contributed by atoms with Crippen molar-refractivity contribution in [2.75, 3.05) is 13.2 Å². The van der Waals surface area contributed by atoms with Crippen LogP contribution in [0.4, 0.5) is 0 Å². The number of hydrogen-bond donors (Lipinski definition) is 3. The molecule has 110 valence electrons. The van der Waals surface area contributed by atoms with E-state index in [2.05, 4.69) is 9.71 Å². The zero-order valence-electron chi connectivity index (χ0n) is 10.6. The van der Waals surface area contributed by atoms with E-state index in [1.807, 2.05) is 0 Å². The molecule has 2 rings (SSSR count). The van der Waals surface area contributed by atoms with Gasteiger partial charge in [-0.3, -0.25) is 4.40 Å². The van der Waals surface area contributed by atoms with Crippen molar-refractivity contribution in [1.29, 1.82) is 0 Å². The molecule has 0 bridgehead atoms. The molecular formula is C11H14ClN3O4S. The van der Waals surface area contributed by atoms with Crippen molar-refractivity contribution >= 4 is 27.3 Å². The van der Waals surface area contributed by atoms with Crippen LogP contribution in [0.15, 0.2) is 29.4 Å². The second-order valence-corrected chi connectivity index (χ2v) is 6.57. The summed E-state index contributed by atoms with van der Waals surface area (Å²) in [4.78, 5) is 3.95. The predicted octanol–water partition coefficient (Wildman–Crippen LogP) is 0.00930. The van der Waals surface area contributed by atoms with Crippen molar-refractivity contribution < 1.29 is 18.6 Å². The zero-order chi connectivity index (χ0) is 15.0. The summed E-state index contributed by atoms with van der Waals surface area (Å²) in [7, 11) is -4.06. The summed E-state index contributed by atoms with van der Waals surface area (Å²) < 4.78 is 28.3. The number of hydrogen-bond acceptors (Lipinski definition) is 5. The molecule has 0 saturated carbocycles. The molecule has 0 aromatic carbocycles. The van der Waals surface area contributed by atoms with Crippen molar-refractivity contribution in [3.05, 3.63) is 29.5 Å². The number of imidazole rings is 1. The molecule has 3 N–H and O–H groups in total. The van der Waals surface area contributed by atoms with Crippen molar-refractivity contribution in [1.82, 2.24) is 14.1 Å². The van der Waals surface area contributed by atoms with Gasteiger partial charge >= 0.3 is 0 Å². The van der Waals surface area contributed by atoms with E-state index in [4.69, 9.17) is 11.6 Å². The van der Waals surface area contributed by atoms with Gasteiger partial charge in [-0.1, -0.05) is 17.7 Å². The number of aliphatic hydroxyl groups excluding tert-OH is 2. The molecule has 2 heterocycles. The standard InChI is InChI=1S/C11H14ClN3O4S/c1-11(6-16,7-17)14-20(18,19)10-9(12)13-8-4-2-3-5-15(8)10/h2-5,14,16-17H,6-7H2,1H3. The molecule has 0 fully saturated rings. The first kappa shape index (κ1) is 15.2. The fourth-order valence-electron chi connectivity index (χ4n) is 1.67. The molecule has 0 aliphatic heterocycles. The smallest absolute Gasteiger partial charge is 0.260 e. The molecule has 20 heavy (non-hydrogen) atoms. The van der Waals surface area contributed by atoms with Gasteiger partial charge in [-0.2, -0.15) is 4.72 Å². The van der Waals surface area contributed by atoms with E-state index in [0.29, 0.717) is 5.65 Å². The first-order valence-electron chi connectivity index (χ1n) is 5.71. The Bertz CT molecular complexity index is 724. The summed E-state index contributed by atoms with van der Waals surface area (Å²) >= 11 is 5.89. The van der Waals surface area contributed by atoms with Crippen LogP contribution in [-0.4, -0.2) is 46.8 Å². The average Bonchev–Trinajstić information content (AvgIpc) is 2.74. The number of halogens is 1. The Hall–Kier alpha value is -1.19. The van der Waals surface area contributed by atoms with Gasteiger partial charge in [0.05, 0.1) is 18.8 Å². The maximum Gasteiger partial charge on any atom is 0.260 e. The second-order valence-electron chi connectivity index (χ2n) is 4.62. The molecule has 0 saturated heterocycles. The van der Waals surface area contributed by atoms with Gasteiger partial charge in [0.2, 0.25) is 0 Å². The molecule has 0 aliphatic carbocycles.